The van der Waals surface area contributed by atoms with Gasteiger partial charge in [0.1, 0.15) is 24.5 Å². The first-order chi connectivity index (χ1) is 26.8. The number of aliphatic hydroxyl groups is 1. The summed E-state index contributed by atoms with van der Waals surface area (Å²) in [5.74, 6) is 0.436. The van der Waals surface area contributed by atoms with E-state index in [9.17, 15) is 24.8 Å². The summed E-state index contributed by atoms with van der Waals surface area (Å²) >= 11 is 6.31. The smallest absolute Gasteiger partial charge is 0.251 e. The average Bonchev–Trinajstić information content (AvgIpc) is 3.51. The normalized spacial score (nSPS) is 21.5. The maximum atomic E-state index is 13.4. The molecule has 1 unspecified atom stereocenters. The molecule has 0 radical (unpaired) electrons. The zero-order chi connectivity index (χ0) is 41.7. The number of hydrogen-bond donors (Lipinski definition) is 3. The molecule has 2 aliphatic rings. The standard InChI is InChI=1S/C46H59ClN4O6/c1-29-23-35(52)27-51(29)42(55)40(44(2,3)4)49-39(53)28-56-21-9-10-22-57-36-19-17-32(18-20-36)31-13-15-33(16-14-31)41(54)50-43-45(5,6)38(46(43,7)8)25-30-11-12-34(26-48)37(47)24-30/h11-20,24,29,35,38,40,43,52H,9-10,21-23,25,27-28H2,1-8H3,(H,49,53)(H,50,54)/t29-,35-,38-,40?,43-/m1/s1. The van der Waals surface area contributed by atoms with Gasteiger partial charge in [0.05, 0.1) is 23.3 Å². The molecular formula is C46H59ClN4O6. The summed E-state index contributed by atoms with van der Waals surface area (Å²) in [6, 6.07) is 22.4. The Morgan fingerprint density at radius 3 is 2.14 bits per heavy atom. The van der Waals surface area contributed by atoms with E-state index < -0.39 is 17.6 Å². The predicted octanol–water partition coefficient (Wildman–Crippen LogP) is 7.59. The minimum absolute atomic E-state index is 0.0199. The second-order valence-corrected chi connectivity index (χ2v) is 18.4. The van der Waals surface area contributed by atoms with Gasteiger partial charge >= 0.3 is 0 Å². The fourth-order valence-electron chi connectivity index (χ4n) is 8.89. The van der Waals surface area contributed by atoms with Crippen LogP contribution in [0, 0.1) is 33.5 Å². The number of β-amino-alcohol motifs (C(OH)–C–C–N with tert-alkyl or cyclic N) is 1. The Hall–Kier alpha value is -4.43. The summed E-state index contributed by atoms with van der Waals surface area (Å²) in [6.07, 6.45) is 2.26. The van der Waals surface area contributed by atoms with Crippen LogP contribution in [0.3, 0.4) is 0 Å². The Morgan fingerprint density at radius 2 is 1.58 bits per heavy atom. The monoisotopic (exact) mass is 798 g/mol. The van der Waals surface area contributed by atoms with Gasteiger partial charge in [0.25, 0.3) is 5.91 Å². The molecule has 306 valence electrons. The van der Waals surface area contributed by atoms with Crippen molar-refractivity contribution in [3.05, 3.63) is 88.4 Å². The molecular weight excluding hydrogens is 740 g/mol. The van der Waals surface area contributed by atoms with Gasteiger partial charge in [-0.25, -0.2) is 0 Å². The summed E-state index contributed by atoms with van der Waals surface area (Å²) in [6.45, 7) is 17.5. The second kappa shape index (κ2) is 18.0. The van der Waals surface area contributed by atoms with Crippen molar-refractivity contribution in [2.45, 2.75) is 105 Å². The minimum atomic E-state index is -0.714. The van der Waals surface area contributed by atoms with E-state index in [2.05, 4.69) is 44.4 Å². The van der Waals surface area contributed by atoms with E-state index in [1.54, 1.807) is 11.0 Å². The largest absolute Gasteiger partial charge is 0.494 e. The van der Waals surface area contributed by atoms with E-state index in [0.717, 1.165) is 35.3 Å². The lowest BCUT2D eigenvalue weighted by Gasteiger charge is -2.64. The SMILES string of the molecule is C[C@@H]1C[C@@H](O)CN1C(=O)C(NC(=O)COCCCCOc1ccc(-c2ccc(C(=O)N[C@H]3C(C)(C)[C@H](Cc4ccc(C#N)c(Cl)c4)C3(C)C)cc2)cc1)C(C)(C)C. The van der Waals surface area contributed by atoms with Crippen LogP contribution >= 0.6 is 11.6 Å². The van der Waals surface area contributed by atoms with E-state index in [1.807, 2.05) is 88.4 Å². The number of nitrogens with zero attached hydrogens (tertiary/aromatic N) is 2. The molecule has 3 aromatic rings. The maximum Gasteiger partial charge on any atom is 0.251 e. The van der Waals surface area contributed by atoms with Crippen LogP contribution in [0.2, 0.25) is 5.02 Å². The highest BCUT2D eigenvalue weighted by atomic mass is 35.5. The average molecular weight is 799 g/mol. The van der Waals surface area contributed by atoms with Gasteiger partial charge in [-0.05, 0) is 108 Å². The number of benzene rings is 3. The third kappa shape index (κ3) is 10.4. The molecule has 10 nitrogen and oxygen atoms in total. The van der Waals surface area contributed by atoms with Gasteiger partial charge in [-0.15, -0.1) is 0 Å². The Balaban J connectivity index is 1.02. The zero-order valence-corrected chi connectivity index (χ0v) is 35.4. The lowest BCUT2D eigenvalue weighted by atomic mass is 9.43. The number of halogens is 1. The molecule has 1 heterocycles. The van der Waals surface area contributed by atoms with E-state index in [-0.39, 0.29) is 53.8 Å². The van der Waals surface area contributed by atoms with Crippen LogP contribution in [0.25, 0.3) is 11.1 Å². The molecule has 3 aromatic carbocycles. The van der Waals surface area contributed by atoms with Crippen LogP contribution in [-0.4, -0.2) is 78.3 Å². The third-order valence-corrected chi connectivity index (χ3v) is 12.2. The molecule has 0 spiro atoms. The fourth-order valence-corrected chi connectivity index (χ4v) is 9.14. The van der Waals surface area contributed by atoms with Crippen LogP contribution in [0.1, 0.15) is 96.1 Å². The van der Waals surface area contributed by atoms with Crippen molar-refractivity contribution < 1.29 is 29.0 Å². The van der Waals surface area contributed by atoms with Crippen LogP contribution in [0.15, 0.2) is 66.7 Å². The van der Waals surface area contributed by atoms with Crippen molar-refractivity contribution >= 4 is 29.3 Å². The molecule has 1 aliphatic carbocycles. The molecule has 0 aromatic heterocycles. The quantitative estimate of drug-likeness (QED) is 0.135. The number of nitrogens with one attached hydrogen (secondary N) is 2. The minimum Gasteiger partial charge on any atom is -0.494 e. The number of carbonyl (C=O) groups is 3. The summed E-state index contributed by atoms with van der Waals surface area (Å²) in [5, 5.41) is 25.9. The molecule has 1 aliphatic heterocycles. The molecule has 1 saturated heterocycles. The highest BCUT2D eigenvalue weighted by Crippen LogP contribution is 2.60. The van der Waals surface area contributed by atoms with Gasteiger partial charge < -0.3 is 30.1 Å². The van der Waals surface area contributed by atoms with E-state index in [1.165, 1.54) is 0 Å². The first kappa shape index (κ1) is 43.7. The number of carbonyl (C=O) groups excluding carboxylic acids is 3. The van der Waals surface area contributed by atoms with Gasteiger partial charge in [0.15, 0.2) is 0 Å². The van der Waals surface area contributed by atoms with Crippen LogP contribution in [0.4, 0.5) is 0 Å². The lowest BCUT2D eigenvalue weighted by molar-refractivity contribution is -0.141. The molecule has 3 N–H and O–H groups in total. The van der Waals surface area contributed by atoms with Gasteiger partial charge in [-0.3, -0.25) is 14.4 Å². The van der Waals surface area contributed by atoms with E-state index in [4.69, 9.17) is 21.1 Å². The van der Waals surface area contributed by atoms with Gasteiger partial charge in [-0.1, -0.05) is 90.4 Å². The number of hydrogen-bond acceptors (Lipinski definition) is 7. The highest BCUT2D eigenvalue weighted by Gasteiger charge is 2.61. The topological polar surface area (TPSA) is 141 Å². The third-order valence-electron chi connectivity index (χ3n) is 11.9. The molecule has 2 fully saturated rings. The van der Waals surface area contributed by atoms with Crippen molar-refractivity contribution in [3.8, 4) is 22.9 Å². The second-order valence-electron chi connectivity index (χ2n) is 18.0. The van der Waals surface area contributed by atoms with Crippen molar-refractivity contribution in [2.24, 2.45) is 22.2 Å². The van der Waals surface area contributed by atoms with Crippen LogP contribution in [-0.2, 0) is 20.7 Å². The first-order valence-corrected chi connectivity index (χ1v) is 20.4. The Bertz CT molecular complexity index is 1920. The molecule has 5 rings (SSSR count). The number of amides is 3. The van der Waals surface area contributed by atoms with Crippen molar-refractivity contribution in [1.82, 2.24) is 15.5 Å². The van der Waals surface area contributed by atoms with Gasteiger partial charge in [0, 0.05) is 30.8 Å². The molecule has 11 heteroatoms. The number of ether oxygens (including phenoxy) is 2. The zero-order valence-electron chi connectivity index (χ0n) is 34.7. The number of likely N-dealkylation sites (tertiary alicyclic amines) is 1. The van der Waals surface area contributed by atoms with Crippen molar-refractivity contribution in [1.29, 1.82) is 5.26 Å². The number of unbranched alkanes of at least 4 members (excludes halogenated alkanes) is 1. The van der Waals surface area contributed by atoms with Crippen LogP contribution in [0.5, 0.6) is 5.75 Å². The first-order valence-electron chi connectivity index (χ1n) is 20.0. The molecule has 1 saturated carbocycles. The summed E-state index contributed by atoms with van der Waals surface area (Å²) in [4.78, 5) is 41.0. The maximum absolute atomic E-state index is 13.4. The molecule has 3 amide bonds. The summed E-state index contributed by atoms with van der Waals surface area (Å²) in [7, 11) is 0. The van der Waals surface area contributed by atoms with E-state index >= 15 is 0 Å². The molecule has 57 heavy (non-hydrogen) atoms. The van der Waals surface area contributed by atoms with E-state index in [0.29, 0.717) is 48.1 Å². The van der Waals surface area contributed by atoms with Gasteiger partial charge in [-0.2, -0.15) is 5.26 Å². The lowest BCUT2D eigenvalue weighted by Crippen LogP contribution is -2.70. The van der Waals surface area contributed by atoms with Crippen molar-refractivity contribution in [3.63, 3.8) is 0 Å². The van der Waals surface area contributed by atoms with Crippen molar-refractivity contribution in [2.75, 3.05) is 26.4 Å². The number of aliphatic hydroxyl groups excluding tert-OH is 1. The molecule has 0 bridgehead atoms. The molecule has 3 atom stereocenters. The Labute approximate surface area is 343 Å². The Morgan fingerprint density at radius 1 is 0.965 bits per heavy atom. The van der Waals surface area contributed by atoms with Crippen LogP contribution < -0.4 is 15.4 Å². The predicted molar refractivity (Wildman–Crippen MR) is 223 cm³/mol. The number of nitriles is 1. The fraction of sp³-hybridized carbons (Fsp3) is 0.522. The highest BCUT2D eigenvalue weighted by molar-refractivity contribution is 6.31. The summed E-state index contributed by atoms with van der Waals surface area (Å²) in [5.41, 5.74) is 3.38. The van der Waals surface area contributed by atoms with Gasteiger partial charge in [0.2, 0.25) is 11.8 Å². The Kier molecular flexibility index (Phi) is 13.8. The summed E-state index contributed by atoms with van der Waals surface area (Å²) < 4.78 is 11.5. The number of rotatable bonds is 15.